The summed E-state index contributed by atoms with van der Waals surface area (Å²) in [4.78, 5) is 27.6. The van der Waals surface area contributed by atoms with Crippen molar-refractivity contribution in [1.29, 1.82) is 5.26 Å². The largest absolute Gasteiger partial charge is 0.477 e. The first-order valence-corrected chi connectivity index (χ1v) is 10.4. The van der Waals surface area contributed by atoms with E-state index in [9.17, 15) is 20.0 Å². The minimum absolute atomic E-state index is 0.0930. The lowest BCUT2D eigenvalue weighted by molar-refractivity contribution is 0.0690. The molecule has 1 atom stereocenters. The highest BCUT2D eigenvalue weighted by atomic mass is 35.5. The Bertz CT molecular complexity index is 1300. The van der Waals surface area contributed by atoms with Gasteiger partial charge in [0.05, 0.1) is 11.1 Å². The predicted molar refractivity (Wildman–Crippen MR) is 119 cm³/mol. The van der Waals surface area contributed by atoms with Crippen LogP contribution in [-0.2, 0) is 13.5 Å². The van der Waals surface area contributed by atoms with E-state index in [0.29, 0.717) is 17.9 Å². The Morgan fingerprint density at radius 2 is 2.13 bits per heavy atom. The van der Waals surface area contributed by atoms with E-state index in [1.807, 2.05) is 24.3 Å². The van der Waals surface area contributed by atoms with Gasteiger partial charge in [0.25, 0.3) is 5.56 Å². The van der Waals surface area contributed by atoms with E-state index >= 15 is 0 Å². The highest BCUT2D eigenvalue weighted by Crippen LogP contribution is 2.35. The van der Waals surface area contributed by atoms with Crippen molar-refractivity contribution in [3.63, 3.8) is 0 Å². The molecule has 1 fully saturated rings. The van der Waals surface area contributed by atoms with Crippen molar-refractivity contribution in [1.82, 2.24) is 9.55 Å². The number of hydrogen-bond donors (Lipinski definition) is 2. The van der Waals surface area contributed by atoms with Gasteiger partial charge in [-0.3, -0.25) is 4.79 Å². The molecule has 1 saturated carbocycles. The smallest absolute Gasteiger partial charge is 0.354 e. The van der Waals surface area contributed by atoms with Gasteiger partial charge in [0, 0.05) is 30.2 Å². The van der Waals surface area contributed by atoms with Crippen molar-refractivity contribution in [3.05, 3.63) is 68.2 Å². The summed E-state index contributed by atoms with van der Waals surface area (Å²) in [6.07, 6.45) is 2.68. The van der Waals surface area contributed by atoms with Gasteiger partial charge in [0.15, 0.2) is 0 Å². The molecule has 2 heterocycles. The van der Waals surface area contributed by atoms with Crippen LogP contribution < -0.4 is 10.9 Å². The fourth-order valence-electron chi connectivity index (χ4n) is 3.85. The lowest BCUT2D eigenvalue weighted by atomic mass is 9.99. The van der Waals surface area contributed by atoms with Gasteiger partial charge >= 0.3 is 5.97 Å². The second-order valence-corrected chi connectivity index (χ2v) is 8.36. The van der Waals surface area contributed by atoms with Crippen LogP contribution in [0.5, 0.6) is 0 Å². The zero-order valence-electron chi connectivity index (χ0n) is 17.1. The molecule has 0 radical (unpaired) electrons. The summed E-state index contributed by atoms with van der Waals surface area (Å²) in [6, 6.07) is 11.0. The molecule has 1 aliphatic rings. The number of fused-ring (bicyclic) bond motifs is 1. The predicted octanol–water partition coefficient (Wildman–Crippen LogP) is 3.96. The van der Waals surface area contributed by atoms with Gasteiger partial charge in [-0.25, -0.2) is 9.78 Å². The minimum atomic E-state index is -1.21. The topological polar surface area (TPSA) is 108 Å². The van der Waals surface area contributed by atoms with Crippen molar-refractivity contribution in [3.8, 4) is 6.07 Å². The SMILES string of the molecule is C[C@H](Nc1cc(=O)n(C)c2ccc(Cc3cc(C(=O)O)nc(Cl)c3C#N)cc12)C1CC1. The van der Waals surface area contributed by atoms with Crippen LogP contribution >= 0.6 is 11.6 Å². The number of aromatic nitrogens is 2. The Hall–Kier alpha value is -3.37. The molecule has 4 rings (SSSR count). The van der Waals surface area contributed by atoms with Crippen LogP contribution in [0.1, 0.15) is 46.9 Å². The molecule has 2 aromatic heterocycles. The summed E-state index contributed by atoms with van der Waals surface area (Å²) < 4.78 is 1.60. The van der Waals surface area contributed by atoms with E-state index in [1.54, 1.807) is 17.7 Å². The van der Waals surface area contributed by atoms with Crippen molar-refractivity contribution in [2.24, 2.45) is 13.0 Å². The summed E-state index contributed by atoms with van der Waals surface area (Å²) in [6.45, 7) is 2.12. The molecule has 0 saturated heterocycles. The Balaban J connectivity index is 1.79. The molecule has 0 aliphatic heterocycles. The minimum Gasteiger partial charge on any atom is -0.477 e. The average Bonchev–Trinajstić information content (AvgIpc) is 3.57. The quantitative estimate of drug-likeness (QED) is 0.566. The normalized spacial score (nSPS) is 14.3. The zero-order valence-corrected chi connectivity index (χ0v) is 17.9. The van der Waals surface area contributed by atoms with E-state index in [2.05, 4.69) is 17.2 Å². The van der Waals surface area contributed by atoms with Crippen LogP contribution in [0.15, 0.2) is 35.1 Å². The maximum Gasteiger partial charge on any atom is 0.354 e. The maximum absolute atomic E-state index is 12.4. The molecule has 7 nitrogen and oxygen atoms in total. The molecule has 0 bridgehead atoms. The van der Waals surface area contributed by atoms with E-state index in [0.717, 1.165) is 22.2 Å². The molecule has 2 N–H and O–H groups in total. The lowest BCUT2D eigenvalue weighted by Gasteiger charge is -2.18. The molecule has 1 aliphatic carbocycles. The summed E-state index contributed by atoms with van der Waals surface area (Å²) >= 11 is 6.05. The third kappa shape index (κ3) is 4.12. The van der Waals surface area contributed by atoms with Crippen molar-refractivity contribution < 1.29 is 9.90 Å². The highest BCUT2D eigenvalue weighted by Gasteiger charge is 2.28. The summed E-state index contributed by atoms with van der Waals surface area (Å²) in [5.41, 5.74) is 2.79. The molecule has 0 spiro atoms. The van der Waals surface area contributed by atoms with Gasteiger partial charge in [0.1, 0.15) is 16.9 Å². The number of rotatable bonds is 6. The Morgan fingerprint density at radius 3 is 2.77 bits per heavy atom. The highest BCUT2D eigenvalue weighted by molar-refractivity contribution is 6.30. The zero-order chi connectivity index (χ0) is 22.3. The Labute approximate surface area is 183 Å². The number of carboxylic acid groups (broad SMARTS) is 1. The number of carboxylic acids is 1. The number of benzene rings is 1. The maximum atomic E-state index is 12.4. The third-order valence-electron chi connectivity index (χ3n) is 5.81. The molecule has 8 heteroatoms. The number of hydrogen-bond acceptors (Lipinski definition) is 5. The van der Waals surface area contributed by atoms with Crippen LogP contribution in [-0.4, -0.2) is 26.7 Å². The monoisotopic (exact) mass is 436 g/mol. The van der Waals surface area contributed by atoms with Crippen LogP contribution in [0, 0.1) is 17.2 Å². The van der Waals surface area contributed by atoms with Crippen LogP contribution in [0.4, 0.5) is 5.69 Å². The average molecular weight is 437 g/mol. The Morgan fingerprint density at radius 1 is 1.39 bits per heavy atom. The van der Waals surface area contributed by atoms with E-state index in [1.165, 1.54) is 18.9 Å². The second kappa shape index (κ2) is 8.05. The molecule has 158 valence electrons. The number of pyridine rings is 2. The van der Waals surface area contributed by atoms with Gasteiger partial charge in [-0.15, -0.1) is 0 Å². The van der Waals surface area contributed by atoms with Gasteiger partial charge < -0.3 is 15.0 Å². The van der Waals surface area contributed by atoms with E-state index in [-0.39, 0.29) is 28.0 Å². The lowest BCUT2D eigenvalue weighted by Crippen LogP contribution is -2.22. The van der Waals surface area contributed by atoms with Crippen LogP contribution in [0.25, 0.3) is 10.9 Å². The van der Waals surface area contributed by atoms with E-state index in [4.69, 9.17) is 11.6 Å². The fourth-order valence-corrected chi connectivity index (χ4v) is 4.10. The standard InChI is InChI=1S/C23H21ClN4O3/c1-12(14-4-5-14)26-18-10-21(29)28(2)20-6-3-13(8-16(18)20)7-15-9-19(23(30)31)27-22(24)17(15)11-25/h3,6,8-10,12,14,26H,4-5,7H2,1-2H3,(H,30,31)/t12-/m0/s1. The van der Waals surface area contributed by atoms with Gasteiger partial charge in [-0.1, -0.05) is 17.7 Å². The molecule has 0 unspecified atom stereocenters. The molecular formula is C23H21ClN4O3. The molecule has 0 amide bonds. The van der Waals surface area contributed by atoms with E-state index < -0.39 is 5.97 Å². The summed E-state index contributed by atoms with van der Waals surface area (Å²) in [5.74, 6) is -0.587. The number of carbonyl (C=O) groups is 1. The fraction of sp³-hybridized carbons (Fsp3) is 0.304. The van der Waals surface area contributed by atoms with Gasteiger partial charge in [-0.05, 0) is 61.4 Å². The number of aromatic carboxylic acids is 1. The first-order valence-electron chi connectivity index (χ1n) is 10.0. The van der Waals surface area contributed by atoms with Crippen LogP contribution in [0.3, 0.4) is 0 Å². The van der Waals surface area contributed by atoms with Crippen molar-refractivity contribution in [2.45, 2.75) is 32.2 Å². The molecular weight excluding hydrogens is 416 g/mol. The second-order valence-electron chi connectivity index (χ2n) is 8.00. The van der Waals surface area contributed by atoms with Crippen LogP contribution in [0.2, 0.25) is 5.15 Å². The Kier molecular flexibility index (Phi) is 5.42. The van der Waals surface area contributed by atoms with Crippen molar-refractivity contribution in [2.75, 3.05) is 5.32 Å². The number of halogens is 1. The number of nitrogens with zero attached hydrogens (tertiary/aromatic N) is 3. The molecule has 3 aromatic rings. The number of anilines is 1. The summed E-state index contributed by atoms with van der Waals surface area (Å²) in [5, 5.41) is 23.0. The number of nitriles is 1. The molecule has 31 heavy (non-hydrogen) atoms. The van der Waals surface area contributed by atoms with Gasteiger partial charge in [-0.2, -0.15) is 5.26 Å². The first-order chi connectivity index (χ1) is 14.8. The number of nitrogens with one attached hydrogen (secondary N) is 1. The third-order valence-corrected chi connectivity index (χ3v) is 6.08. The first kappa shape index (κ1) is 20.9. The molecule has 1 aromatic carbocycles. The number of aryl methyl sites for hydroxylation is 1. The van der Waals surface area contributed by atoms with Crippen molar-refractivity contribution >= 4 is 34.2 Å². The summed E-state index contributed by atoms with van der Waals surface area (Å²) in [7, 11) is 1.73. The van der Waals surface area contributed by atoms with Gasteiger partial charge in [0.2, 0.25) is 0 Å².